The minimum atomic E-state index is -0.800. The molecule has 268 valence electrons. The summed E-state index contributed by atoms with van der Waals surface area (Å²) in [5, 5.41) is 11.6. The van der Waals surface area contributed by atoms with Gasteiger partial charge in [-0.05, 0) is 62.1 Å². The van der Waals surface area contributed by atoms with Crippen LogP contribution in [0, 0.1) is 41.7 Å². The number of piperazine rings is 1. The number of piperidine rings is 1. The zero-order chi connectivity index (χ0) is 36.1. The number of terminal acetylenes is 2. The average Bonchev–Trinajstić information content (AvgIpc) is 3.85. The van der Waals surface area contributed by atoms with Crippen molar-refractivity contribution in [3.8, 4) is 47.7 Å². The van der Waals surface area contributed by atoms with Crippen molar-refractivity contribution in [3.05, 3.63) is 47.7 Å². The number of amides is 1. The number of rotatable bonds is 9. The lowest BCUT2D eigenvalue weighted by Gasteiger charge is -2.42. The van der Waals surface area contributed by atoms with Crippen LogP contribution in [0.4, 0.5) is 19.0 Å². The molecule has 8 rings (SSSR count). The number of ether oxygens (including phenoxy) is 1. The number of carbonyl (C=O) groups is 1. The number of benzene rings is 2. The Morgan fingerprint density at radius 2 is 1.81 bits per heavy atom. The lowest BCUT2D eigenvalue weighted by Crippen LogP contribution is -2.56. The Morgan fingerprint density at radius 3 is 2.50 bits per heavy atom. The first-order valence-corrected chi connectivity index (χ1v) is 17.9. The molecular formula is C40H39F3N6O3. The van der Waals surface area contributed by atoms with Gasteiger partial charge >= 0.3 is 6.01 Å². The predicted molar refractivity (Wildman–Crippen MR) is 191 cm³/mol. The quantitative estimate of drug-likeness (QED) is 0.212. The molecule has 2 bridgehead atoms. The van der Waals surface area contributed by atoms with E-state index in [2.05, 4.69) is 31.6 Å². The number of pyridine rings is 1. The van der Waals surface area contributed by atoms with Gasteiger partial charge < -0.3 is 24.5 Å². The summed E-state index contributed by atoms with van der Waals surface area (Å²) < 4.78 is 52.0. The van der Waals surface area contributed by atoms with E-state index in [4.69, 9.17) is 22.6 Å². The lowest BCUT2D eigenvalue weighted by atomic mass is 9.96. The van der Waals surface area contributed by atoms with Gasteiger partial charge in [-0.1, -0.05) is 12.0 Å². The molecule has 4 aromatic rings. The van der Waals surface area contributed by atoms with Crippen molar-refractivity contribution >= 4 is 33.4 Å². The molecule has 12 heteroatoms. The van der Waals surface area contributed by atoms with Crippen LogP contribution >= 0.6 is 0 Å². The summed E-state index contributed by atoms with van der Waals surface area (Å²) in [5.41, 5.74) is -0.282. The monoisotopic (exact) mass is 708 g/mol. The van der Waals surface area contributed by atoms with E-state index in [-0.39, 0.29) is 62.9 Å². The van der Waals surface area contributed by atoms with Gasteiger partial charge in [-0.25, -0.2) is 13.2 Å². The Balaban J connectivity index is 1.18. The van der Waals surface area contributed by atoms with E-state index >= 15 is 4.39 Å². The molecule has 2 atom stereocenters. The second-order valence-corrected chi connectivity index (χ2v) is 14.7. The molecule has 0 radical (unpaired) electrons. The summed E-state index contributed by atoms with van der Waals surface area (Å²) in [4.78, 5) is 33.3. The standard InChI is InChI=1S/C40H39F3N6O3/c1-3-5-6-33(51)49-26-8-9-27(49)21-48(20-26)38-31-19-44-36(30-18-28(50)17-24-7-10-32(42)29(4-2)34(24)30)35(43)37(31)45-39(46-38)52-23-40(13-14-40)22-47-15-11-25(41)12-16-47/h1-2,7,10,17-19,25-27,50H,5-6,8-9,11-16,20-23H2. The van der Waals surface area contributed by atoms with Crippen LogP contribution in [-0.2, 0) is 4.79 Å². The van der Waals surface area contributed by atoms with Crippen LogP contribution in [0.3, 0.4) is 0 Å². The number of fused-ring (bicyclic) bond motifs is 4. The highest BCUT2D eigenvalue weighted by atomic mass is 19.1. The Hall–Kier alpha value is -5.07. The normalized spacial score (nSPS) is 21.3. The number of phenolic OH excluding ortho intramolecular Hbond substituents is 1. The number of halogens is 3. The van der Waals surface area contributed by atoms with Crippen LogP contribution in [0.15, 0.2) is 30.5 Å². The van der Waals surface area contributed by atoms with Crippen LogP contribution in [0.2, 0.25) is 0 Å². The van der Waals surface area contributed by atoms with E-state index < -0.39 is 17.8 Å². The molecule has 1 N–H and O–H groups in total. The number of aromatic nitrogens is 3. The predicted octanol–water partition coefficient (Wildman–Crippen LogP) is 6.00. The summed E-state index contributed by atoms with van der Waals surface area (Å²) in [7, 11) is 0. The summed E-state index contributed by atoms with van der Waals surface area (Å²) in [6.45, 7) is 3.45. The number of phenols is 1. The molecule has 4 fully saturated rings. The largest absolute Gasteiger partial charge is 0.508 e. The molecule has 3 saturated heterocycles. The maximum atomic E-state index is 17.0. The molecule has 1 aliphatic carbocycles. The first-order valence-electron chi connectivity index (χ1n) is 17.9. The Bertz CT molecular complexity index is 2140. The molecule has 9 nitrogen and oxygen atoms in total. The van der Waals surface area contributed by atoms with E-state index in [1.54, 1.807) is 0 Å². The Kier molecular flexibility index (Phi) is 8.83. The van der Waals surface area contributed by atoms with Crippen LogP contribution < -0.4 is 9.64 Å². The fourth-order valence-electron chi connectivity index (χ4n) is 8.34. The van der Waals surface area contributed by atoms with E-state index in [0.29, 0.717) is 75.1 Å². The van der Waals surface area contributed by atoms with Crippen LogP contribution in [0.25, 0.3) is 32.9 Å². The van der Waals surface area contributed by atoms with E-state index in [9.17, 15) is 18.7 Å². The fraction of sp³-hybridized carbons (Fsp3) is 0.450. The number of aromatic hydroxyl groups is 1. The third-order valence-corrected chi connectivity index (χ3v) is 11.2. The number of hydrogen-bond acceptors (Lipinski definition) is 8. The molecule has 52 heavy (non-hydrogen) atoms. The molecule has 2 aromatic heterocycles. The first kappa shape index (κ1) is 34.0. The van der Waals surface area contributed by atoms with Gasteiger partial charge in [-0.2, -0.15) is 9.97 Å². The first-order chi connectivity index (χ1) is 25.2. The zero-order valence-corrected chi connectivity index (χ0v) is 28.8. The smallest absolute Gasteiger partial charge is 0.319 e. The van der Waals surface area contributed by atoms with Crippen molar-refractivity contribution in [2.24, 2.45) is 5.41 Å². The van der Waals surface area contributed by atoms with Gasteiger partial charge in [0, 0.05) is 80.2 Å². The molecule has 2 unspecified atom stereocenters. The molecular weight excluding hydrogens is 669 g/mol. The highest BCUT2D eigenvalue weighted by molar-refractivity contribution is 6.03. The van der Waals surface area contributed by atoms with Crippen LogP contribution in [0.5, 0.6) is 11.8 Å². The highest BCUT2D eigenvalue weighted by Gasteiger charge is 2.46. The van der Waals surface area contributed by atoms with Crippen molar-refractivity contribution in [1.29, 1.82) is 0 Å². The van der Waals surface area contributed by atoms with Gasteiger partial charge in [0.05, 0.1) is 17.6 Å². The molecule has 2 aromatic carbocycles. The Morgan fingerprint density at radius 1 is 1.06 bits per heavy atom. The number of alkyl halides is 1. The third kappa shape index (κ3) is 6.23. The summed E-state index contributed by atoms with van der Waals surface area (Å²) in [6.07, 6.45) is 17.1. The van der Waals surface area contributed by atoms with Gasteiger partial charge in [-0.3, -0.25) is 9.78 Å². The van der Waals surface area contributed by atoms with E-state index in [1.807, 2.05) is 4.90 Å². The summed E-state index contributed by atoms with van der Waals surface area (Å²) in [6, 6.07) is 5.31. The molecule has 0 spiro atoms. The minimum absolute atomic E-state index is 0.00305. The van der Waals surface area contributed by atoms with Gasteiger partial charge in [0.2, 0.25) is 5.91 Å². The number of carbonyl (C=O) groups excluding carboxylic acids is 1. The molecule has 1 amide bonds. The maximum absolute atomic E-state index is 17.0. The second kappa shape index (κ2) is 13.5. The zero-order valence-electron chi connectivity index (χ0n) is 28.8. The topological polar surface area (TPSA) is 94.9 Å². The van der Waals surface area contributed by atoms with Crippen molar-refractivity contribution in [1.82, 2.24) is 24.8 Å². The summed E-state index contributed by atoms with van der Waals surface area (Å²) in [5.74, 6) is 3.78. The SMILES string of the molecule is C#CCCC(=O)N1C2CCC1CN(c1nc(OCC3(CN4CCC(F)CC4)CC3)nc3c(F)c(-c4cc(O)cc5ccc(F)c(C#C)c45)ncc13)C2. The van der Waals surface area contributed by atoms with Crippen molar-refractivity contribution < 1.29 is 27.8 Å². The summed E-state index contributed by atoms with van der Waals surface area (Å²) >= 11 is 0. The number of likely N-dealkylation sites (tertiary alicyclic amines) is 1. The molecule has 5 heterocycles. The second-order valence-electron chi connectivity index (χ2n) is 14.7. The van der Waals surface area contributed by atoms with E-state index in [1.165, 1.54) is 30.5 Å². The van der Waals surface area contributed by atoms with Crippen LogP contribution in [0.1, 0.15) is 56.9 Å². The van der Waals surface area contributed by atoms with Gasteiger partial charge in [0.25, 0.3) is 0 Å². The number of hydrogen-bond donors (Lipinski definition) is 1. The molecule has 3 aliphatic heterocycles. The van der Waals surface area contributed by atoms with Gasteiger partial charge in [0.15, 0.2) is 5.82 Å². The maximum Gasteiger partial charge on any atom is 0.319 e. The van der Waals surface area contributed by atoms with Gasteiger partial charge in [-0.15, -0.1) is 18.8 Å². The van der Waals surface area contributed by atoms with E-state index in [0.717, 1.165) is 32.2 Å². The average molecular weight is 709 g/mol. The highest BCUT2D eigenvalue weighted by Crippen LogP contribution is 2.47. The van der Waals surface area contributed by atoms with Crippen molar-refractivity contribution in [2.75, 3.05) is 44.2 Å². The fourth-order valence-corrected chi connectivity index (χ4v) is 8.34. The van der Waals surface area contributed by atoms with Crippen molar-refractivity contribution in [3.63, 3.8) is 0 Å². The molecule has 4 aliphatic rings. The Labute approximate surface area is 300 Å². The molecule has 1 saturated carbocycles. The number of nitrogens with zero attached hydrogens (tertiary/aromatic N) is 6. The third-order valence-electron chi connectivity index (χ3n) is 11.2. The number of anilines is 1. The minimum Gasteiger partial charge on any atom is -0.508 e. The van der Waals surface area contributed by atoms with Crippen molar-refractivity contribution in [2.45, 2.75) is 69.6 Å². The van der Waals surface area contributed by atoms with Gasteiger partial charge in [0.1, 0.15) is 34.8 Å². The lowest BCUT2D eigenvalue weighted by molar-refractivity contribution is -0.134. The van der Waals surface area contributed by atoms with Crippen LogP contribution in [-0.4, -0.2) is 93.4 Å².